The number of rotatable bonds is 3. The lowest BCUT2D eigenvalue weighted by atomic mass is 10.3. The van der Waals surface area contributed by atoms with E-state index in [-0.39, 0.29) is 22.5 Å². The molecule has 0 spiro atoms. The molecule has 0 aromatic rings. The molecule has 1 amide bonds. The largest absolute Gasteiger partial charge is 0.338 e. The second kappa shape index (κ2) is 4.18. The van der Waals surface area contributed by atoms with Crippen LogP contribution in [0.25, 0.3) is 0 Å². The molecule has 1 aliphatic heterocycles. The van der Waals surface area contributed by atoms with E-state index in [0.717, 1.165) is 6.42 Å². The minimum absolute atomic E-state index is 0.00106. The standard InChI is InChI=1S/C8H14BrNO3S/c1-6(5-14(2,12)13)10-4-3-7(9)8(10)11/h6-7H,3-5H2,1-2H3. The smallest absolute Gasteiger partial charge is 0.236 e. The van der Waals surface area contributed by atoms with Crippen LogP contribution < -0.4 is 0 Å². The fourth-order valence-corrected chi connectivity index (χ4v) is 3.16. The maximum Gasteiger partial charge on any atom is 0.236 e. The molecule has 0 aromatic heterocycles. The van der Waals surface area contributed by atoms with Crippen LogP contribution in [0, 0.1) is 0 Å². The van der Waals surface area contributed by atoms with E-state index in [4.69, 9.17) is 0 Å². The van der Waals surface area contributed by atoms with Gasteiger partial charge in [0.15, 0.2) is 0 Å². The number of nitrogens with zero attached hydrogens (tertiary/aromatic N) is 1. The van der Waals surface area contributed by atoms with Gasteiger partial charge in [0.25, 0.3) is 0 Å². The molecule has 1 aliphatic rings. The Hall–Kier alpha value is -0.100. The van der Waals surface area contributed by atoms with E-state index in [2.05, 4.69) is 15.9 Å². The molecule has 0 bridgehead atoms. The number of sulfone groups is 1. The first-order chi connectivity index (χ1) is 6.31. The minimum Gasteiger partial charge on any atom is -0.338 e. The zero-order valence-corrected chi connectivity index (χ0v) is 10.6. The van der Waals surface area contributed by atoms with Gasteiger partial charge in [-0.1, -0.05) is 15.9 Å². The Morgan fingerprint density at radius 3 is 2.57 bits per heavy atom. The summed E-state index contributed by atoms with van der Waals surface area (Å²) in [7, 11) is -3.01. The summed E-state index contributed by atoms with van der Waals surface area (Å²) < 4.78 is 22.1. The monoisotopic (exact) mass is 283 g/mol. The van der Waals surface area contributed by atoms with Crippen LogP contribution >= 0.6 is 15.9 Å². The van der Waals surface area contributed by atoms with Gasteiger partial charge in [-0.3, -0.25) is 4.79 Å². The predicted octanol–water partition coefficient (Wildman–Crippen LogP) is 0.415. The van der Waals surface area contributed by atoms with Gasteiger partial charge in [0.1, 0.15) is 9.84 Å². The van der Waals surface area contributed by atoms with Crippen molar-refractivity contribution in [1.82, 2.24) is 4.90 Å². The molecular weight excluding hydrogens is 270 g/mol. The number of hydrogen-bond donors (Lipinski definition) is 0. The van der Waals surface area contributed by atoms with Crippen LogP contribution in [-0.2, 0) is 14.6 Å². The Balaban J connectivity index is 2.63. The van der Waals surface area contributed by atoms with Crippen LogP contribution in [0.4, 0.5) is 0 Å². The van der Waals surface area contributed by atoms with Crippen LogP contribution in [0.2, 0.25) is 0 Å². The lowest BCUT2D eigenvalue weighted by molar-refractivity contribution is -0.128. The highest BCUT2D eigenvalue weighted by molar-refractivity contribution is 9.10. The molecule has 0 saturated carbocycles. The molecule has 1 fully saturated rings. The first-order valence-electron chi connectivity index (χ1n) is 4.43. The summed E-state index contributed by atoms with van der Waals surface area (Å²) in [5.74, 6) is 0.0412. The summed E-state index contributed by atoms with van der Waals surface area (Å²) >= 11 is 3.25. The average molecular weight is 284 g/mol. The van der Waals surface area contributed by atoms with Crippen molar-refractivity contribution >= 4 is 31.7 Å². The Bertz CT molecular complexity index is 327. The Morgan fingerprint density at radius 2 is 2.21 bits per heavy atom. The molecule has 2 atom stereocenters. The van der Waals surface area contributed by atoms with Gasteiger partial charge in [0, 0.05) is 18.8 Å². The van der Waals surface area contributed by atoms with Crippen molar-refractivity contribution in [3.05, 3.63) is 0 Å². The van der Waals surface area contributed by atoms with E-state index in [0.29, 0.717) is 6.54 Å². The maximum atomic E-state index is 11.5. The second-order valence-corrected chi connectivity index (χ2v) is 7.02. The number of hydrogen-bond acceptors (Lipinski definition) is 3. The zero-order chi connectivity index (χ0) is 10.9. The number of carbonyl (C=O) groups is 1. The molecule has 82 valence electrons. The van der Waals surface area contributed by atoms with Crippen molar-refractivity contribution in [2.24, 2.45) is 0 Å². The molecular formula is C8H14BrNO3S. The van der Waals surface area contributed by atoms with Crippen molar-refractivity contribution in [2.75, 3.05) is 18.6 Å². The predicted molar refractivity (Wildman–Crippen MR) is 58.2 cm³/mol. The van der Waals surface area contributed by atoms with E-state index in [1.165, 1.54) is 6.26 Å². The van der Waals surface area contributed by atoms with E-state index >= 15 is 0 Å². The molecule has 0 aliphatic carbocycles. The lowest BCUT2D eigenvalue weighted by Crippen LogP contribution is -2.39. The van der Waals surface area contributed by atoms with Gasteiger partial charge in [-0.15, -0.1) is 0 Å². The quantitative estimate of drug-likeness (QED) is 0.706. The fourth-order valence-electron chi connectivity index (χ4n) is 1.63. The van der Waals surface area contributed by atoms with Crippen LogP contribution in [0.5, 0.6) is 0 Å². The summed E-state index contributed by atoms with van der Waals surface area (Å²) in [4.78, 5) is 13.0. The third kappa shape index (κ3) is 2.95. The first kappa shape index (κ1) is 12.0. The molecule has 0 aromatic carbocycles. The van der Waals surface area contributed by atoms with Crippen LogP contribution in [0.15, 0.2) is 0 Å². The third-order valence-electron chi connectivity index (χ3n) is 2.25. The molecule has 4 nitrogen and oxygen atoms in total. The molecule has 1 saturated heterocycles. The highest BCUT2D eigenvalue weighted by atomic mass is 79.9. The number of amides is 1. The van der Waals surface area contributed by atoms with Crippen molar-refractivity contribution in [3.8, 4) is 0 Å². The van der Waals surface area contributed by atoms with Gasteiger partial charge in [-0.25, -0.2) is 8.42 Å². The van der Waals surface area contributed by atoms with Crippen molar-refractivity contribution in [3.63, 3.8) is 0 Å². The molecule has 0 radical (unpaired) electrons. The highest BCUT2D eigenvalue weighted by Gasteiger charge is 2.33. The van der Waals surface area contributed by atoms with Crippen LogP contribution in [0.3, 0.4) is 0 Å². The van der Waals surface area contributed by atoms with Gasteiger partial charge >= 0.3 is 0 Å². The second-order valence-electron chi connectivity index (χ2n) is 3.73. The minimum atomic E-state index is -3.01. The summed E-state index contributed by atoms with van der Waals surface area (Å²) in [5, 5.41) is 0. The molecule has 1 heterocycles. The lowest BCUT2D eigenvalue weighted by Gasteiger charge is -2.23. The summed E-state index contributed by atoms with van der Waals surface area (Å²) in [6, 6.07) is -0.222. The van der Waals surface area contributed by atoms with Crippen molar-refractivity contribution < 1.29 is 13.2 Å². The van der Waals surface area contributed by atoms with Gasteiger partial charge in [0.2, 0.25) is 5.91 Å². The van der Waals surface area contributed by atoms with Crippen LogP contribution in [0.1, 0.15) is 13.3 Å². The van der Waals surface area contributed by atoms with Gasteiger partial charge in [-0.05, 0) is 13.3 Å². The topological polar surface area (TPSA) is 54.5 Å². The first-order valence-corrected chi connectivity index (χ1v) is 7.41. The number of halogens is 1. The van der Waals surface area contributed by atoms with Crippen molar-refractivity contribution in [2.45, 2.75) is 24.2 Å². The third-order valence-corrected chi connectivity index (χ3v) is 4.19. The zero-order valence-electron chi connectivity index (χ0n) is 8.23. The number of likely N-dealkylation sites (tertiary alicyclic amines) is 1. The van der Waals surface area contributed by atoms with E-state index < -0.39 is 9.84 Å². The number of carbonyl (C=O) groups excluding carboxylic acids is 1. The van der Waals surface area contributed by atoms with Gasteiger partial charge in [-0.2, -0.15) is 0 Å². The molecule has 14 heavy (non-hydrogen) atoms. The number of alkyl halides is 1. The average Bonchev–Trinajstić information content (AvgIpc) is 2.29. The molecule has 2 unspecified atom stereocenters. The Kier molecular flexibility index (Phi) is 3.58. The van der Waals surface area contributed by atoms with E-state index in [1.54, 1.807) is 11.8 Å². The van der Waals surface area contributed by atoms with Crippen LogP contribution in [-0.4, -0.2) is 48.6 Å². The van der Waals surface area contributed by atoms with E-state index in [1.807, 2.05) is 0 Å². The molecule has 1 rings (SSSR count). The molecule has 6 heteroatoms. The Labute approximate surface area is 92.7 Å². The maximum absolute atomic E-state index is 11.5. The molecule has 0 N–H and O–H groups in total. The summed E-state index contributed by atoms with van der Waals surface area (Å²) in [5.41, 5.74) is 0. The summed E-state index contributed by atoms with van der Waals surface area (Å²) in [6.07, 6.45) is 1.95. The van der Waals surface area contributed by atoms with Gasteiger partial charge < -0.3 is 4.90 Å². The summed E-state index contributed by atoms with van der Waals surface area (Å²) in [6.45, 7) is 2.41. The van der Waals surface area contributed by atoms with E-state index in [9.17, 15) is 13.2 Å². The van der Waals surface area contributed by atoms with Gasteiger partial charge in [0.05, 0.1) is 10.6 Å². The highest BCUT2D eigenvalue weighted by Crippen LogP contribution is 2.20. The Morgan fingerprint density at radius 1 is 1.64 bits per heavy atom. The normalized spacial score (nSPS) is 25.5. The fraction of sp³-hybridized carbons (Fsp3) is 0.875. The van der Waals surface area contributed by atoms with Crippen molar-refractivity contribution in [1.29, 1.82) is 0 Å². The SMILES string of the molecule is CC(CS(C)(=O)=O)N1CCC(Br)C1=O.